The monoisotopic (exact) mass is 346 g/mol. The van der Waals surface area contributed by atoms with Crippen LogP contribution in [0.15, 0.2) is 48.5 Å². The van der Waals surface area contributed by atoms with Crippen LogP contribution in [0, 0.1) is 0 Å². The fourth-order valence-corrected chi connectivity index (χ4v) is 2.83. The summed E-state index contributed by atoms with van der Waals surface area (Å²) in [6, 6.07) is 14.2. The average molecular weight is 346 g/mol. The van der Waals surface area contributed by atoms with Gasteiger partial charge in [0, 0.05) is 18.3 Å². The van der Waals surface area contributed by atoms with E-state index in [0.717, 1.165) is 17.5 Å². The van der Waals surface area contributed by atoms with Crippen molar-refractivity contribution < 1.29 is 13.2 Å². The highest BCUT2D eigenvalue weighted by atomic mass is 32.2. The van der Waals surface area contributed by atoms with E-state index in [1.807, 2.05) is 24.3 Å². The van der Waals surface area contributed by atoms with E-state index >= 15 is 0 Å². The molecule has 2 aromatic rings. The molecule has 0 aliphatic heterocycles. The van der Waals surface area contributed by atoms with Gasteiger partial charge in [0.1, 0.15) is 0 Å². The third-order valence-corrected chi connectivity index (χ3v) is 5.03. The van der Waals surface area contributed by atoms with Gasteiger partial charge in [0.15, 0.2) is 0 Å². The summed E-state index contributed by atoms with van der Waals surface area (Å²) >= 11 is 0. The van der Waals surface area contributed by atoms with Gasteiger partial charge in [0.25, 0.3) is 5.91 Å². The molecule has 0 bridgehead atoms. The van der Waals surface area contributed by atoms with Gasteiger partial charge in [-0.2, -0.15) is 0 Å². The van der Waals surface area contributed by atoms with Gasteiger partial charge in [-0.3, -0.25) is 9.10 Å². The molecular weight excluding hydrogens is 324 g/mol. The van der Waals surface area contributed by atoms with Gasteiger partial charge in [-0.15, -0.1) is 0 Å². The molecule has 0 spiro atoms. The van der Waals surface area contributed by atoms with Crippen molar-refractivity contribution in [3.63, 3.8) is 0 Å². The molecule has 2 aromatic carbocycles. The number of para-hydroxylation sites is 1. The molecule has 6 heteroatoms. The predicted molar refractivity (Wildman–Crippen MR) is 98.2 cm³/mol. The number of anilines is 2. The smallest absolute Gasteiger partial charge is 0.255 e. The van der Waals surface area contributed by atoms with E-state index in [1.165, 1.54) is 11.4 Å². The van der Waals surface area contributed by atoms with Gasteiger partial charge >= 0.3 is 0 Å². The van der Waals surface area contributed by atoms with E-state index in [2.05, 4.69) is 19.2 Å². The SMILES string of the molecule is CC(C)c1ccccc1NC(=O)c1ccc(N(C)S(C)(=O)=O)cc1. The fourth-order valence-electron chi connectivity index (χ4n) is 2.32. The van der Waals surface area contributed by atoms with Crippen LogP contribution < -0.4 is 9.62 Å². The molecule has 0 saturated heterocycles. The van der Waals surface area contributed by atoms with Crippen molar-refractivity contribution in [2.24, 2.45) is 0 Å². The van der Waals surface area contributed by atoms with Gasteiger partial charge in [0.05, 0.1) is 11.9 Å². The van der Waals surface area contributed by atoms with Gasteiger partial charge < -0.3 is 5.32 Å². The van der Waals surface area contributed by atoms with E-state index in [4.69, 9.17) is 0 Å². The Morgan fingerprint density at radius 2 is 1.62 bits per heavy atom. The first-order valence-electron chi connectivity index (χ1n) is 7.64. The molecule has 0 saturated carbocycles. The molecule has 0 aliphatic carbocycles. The Morgan fingerprint density at radius 1 is 1.04 bits per heavy atom. The average Bonchev–Trinajstić information content (AvgIpc) is 2.53. The number of amides is 1. The molecule has 0 unspecified atom stereocenters. The van der Waals surface area contributed by atoms with Gasteiger partial charge in [-0.25, -0.2) is 8.42 Å². The number of hydrogen-bond acceptors (Lipinski definition) is 3. The molecule has 0 fully saturated rings. The highest BCUT2D eigenvalue weighted by molar-refractivity contribution is 7.92. The minimum absolute atomic E-state index is 0.225. The molecule has 0 aliphatic rings. The van der Waals surface area contributed by atoms with E-state index in [1.54, 1.807) is 24.3 Å². The van der Waals surface area contributed by atoms with Crippen molar-refractivity contribution in [2.45, 2.75) is 19.8 Å². The molecule has 2 rings (SSSR count). The van der Waals surface area contributed by atoms with E-state index in [-0.39, 0.29) is 5.91 Å². The Balaban J connectivity index is 2.20. The van der Waals surface area contributed by atoms with Crippen molar-refractivity contribution in [2.75, 3.05) is 22.9 Å². The summed E-state index contributed by atoms with van der Waals surface area (Å²) < 4.78 is 24.2. The minimum atomic E-state index is -3.32. The predicted octanol–water partition coefficient (Wildman–Crippen LogP) is 3.46. The zero-order valence-electron chi connectivity index (χ0n) is 14.3. The highest BCUT2D eigenvalue weighted by Crippen LogP contribution is 2.24. The first kappa shape index (κ1) is 18.0. The number of rotatable bonds is 5. The maximum atomic E-state index is 12.4. The second-order valence-corrected chi connectivity index (χ2v) is 7.99. The highest BCUT2D eigenvalue weighted by Gasteiger charge is 2.14. The molecule has 128 valence electrons. The lowest BCUT2D eigenvalue weighted by Gasteiger charge is -2.17. The largest absolute Gasteiger partial charge is 0.322 e. The Bertz CT molecular complexity index is 828. The quantitative estimate of drug-likeness (QED) is 0.901. The standard InChI is InChI=1S/C18H22N2O3S/c1-13(2)16-7-5-6-8-17(16)19-18(21)14-9-11-15(12-10-14)20(3)24(4,22)23/h5-13H,1-4H3,(H,19,21). The van der Waals surface area contributed by atoms with Gasteiger partial charge in [0.2, 0.25) is 10.0 Å². The second kappa shape index (κ2) is 7.05. The van der Waals surface area contributed by atoms with Crippen LogP contribution in [0.5, 0.6) is 0 Å². The maximum Gasteiger partial charge on any atom is 0.255 e. The Morgan fingerprint density at radius 3 is 2.17 bits per heavy atom. The first-order chi connectivity index (χ1) is 11.2. The van der Waals surface area contributed by atoms with Gasteiger partial charge in [-0.1, -0.05) is 32.0 Å². The van der Waals surface area contributed by atoms with Crippen molar-refractivity contribution in [3.8, 4) is 0 Å². The third kappa shape index (κ3) is 4.14. The van der Waals surface area contributed by atoms with E-state index in [9.17, 15) is 13.2 Å². The lowest BCUT2D eigenvalue weighted by molar-refractivity contribution is 0.102. The number of nitrogens with one attached hydrogen (secondary N) is 1. The van der Waals surface area contributed by atoms with Crippen LogP contribution in [0.4, 0.5) is 11.4 Å². The van der Waals surface area contributed by atoms with Crippen LogP contribution in [0.25, 0.3) is 0 Å². The molecule has 1 N–H and O–H groups in total. The number of benzene rings is 2. The summed E-state index contributed by atoms with van der Waals surface area (Å²) in [4.78, 5) is 12.4. The molecule has 0 atom stereocenters. The van der Waals surface area contributed by atoms with Crippen molar-refractivity contribution >= 4 is 27.3 Å². The third-order valence-electron chi connectivity index (χ3n) is 3.82. The van der Waals surface area contributed by atoms with Crippen LogP contribution in [0.2, 0.25) is 0 Å². The minimum Gasteiger partial charge on any atom is -0.322 e. The summed E-state index contributed by atoms with van der Waals surface area (Å²) in [5.41, 5.74) is 2.84. The lowest BCUT2D eigenvalue weighted by atomic mass is 10.0. The van der Waals surface area contributed by atoms with Crippen LogP contribution in [-0.2, 0) is 10.0 Å². The summed E-state index contributed by atoms with van der Waals surface area (Å²) in [5.74, 6) is 0.0731. The maximum absolute atomic E-state index is 12.4. The zero-order chi connectivity index (χ0) is 17.9. The molecular formula is C18H22N2O3S. The zero-order valence-corrected chi connectivity index (χ0v) is 15.1. The molecule has 5 nitrogen and oxygen atoms in total. The first-order valence-corrected chi connectivity index (χ1v) is 9.49. The molecule has 1 amide bonds. The Kier molecular flexibility index (Phi) is 5.29. The molecule has 0 heterocycles. The van der Waals surface area contributed by atoms with Crippen LogP contribution in [-0.4, -0.2) is 27.6 Å². The van der Waals surface area contributed by atoms with E-state index < -0.39 is 10.0 Å². The summed E-state index contributed by atoms with van der Waals surface area (Å²) in [7, 11) is -1.84. The number of hydrogen-bond donors (Lipinski definition) is 1. The molecule has 0 radical (unpaired) electrons. The Hall–Kier alpha value is -2.34. The summed E-state index contributed by atoms with van der Waals surface area (Å²) in [6.07, 6.45) is 1.14. The number of sulfonamides is 1. The normalized spacial score (nSPS) is 11.4. The number of nitrogens with zero attached hydrogens (tertiary/aromatic N) is 1. The number of carbonyl (C=O) groups is 1. The van der Waals surface area contributed by atoms with Crippen molar-refractivity contribution in [1.82, 2.24) is 0 Å². The summed E-state index contributed by atoms with van der Waals surface area (Å²) in [6.45, 7) is 4.14. The van der Waals surface area contributed by atoms with Crippen molar-refractivity contribution in [1.29, 1.82) is 0 Å². The topological polar surface area (TPSA) is 66.5 Å². The van der Waals surface area contributed by atoms with Crippen LogP contribution in [0.1, 0.15) is 35.7 Å². The van der Waals surface area contributed by atoms with Crippen LogP contribution in [0.3, 0.4) is 0 Å². The van der Waals surface area contributed by atoms with Gasteiger partial charge in [-0.05, 0) is 41.8 Å². The summed E-state index contributed by atoms with van der Waals surface area (Å²) in [5, 5.41) is 2.92. The van der Waals surface area contributed by atoms with E-state index in [0.29, 0.717) is 17.2 Å². The Labute approximate surface area is 143 Å². The molecule has 24 heavy (non-hydrogen) atoms. The number of carbonyl (C=O) groups excluding carboxylic acids is 1. The second-order valence-electron chi connectivity index (χ2n) is 5.97. The fraction of sp³-hybridized carbons (Fsp3) is 0.278. The van der Waals surface area contributed by atoms with Crippen molar-refractivity contribution in [3.05, 3.63) is 59.7 Å². The van der Waals surface area contributed by atoms with Crippen LogP contribution >= 0.6 is 0 Å². The lowest BCUT2D eigenvalue weighted by Crippen LogP contribution is -2.24. The molecule has 0 aromatic heterocycles.